The third kappa shape index (κ3) is 3.61. The van der Waals surface area contributed by atoms with E-state index in [1.54, 1.807) is 0 Å². The van der Waals surface area contributed by atoms with E-state index in [0.717, 1.165) is 37.2 Å². The Morgan fingerprint density at radius 3 is 2.70 bits per heavy atom. The van der Waals surface area contributed by atoms with Crippen LogP contribution in [0.2, 0.25) is 0 Å². The highest BCUT2D eigenvalue weighted by atomic mass is 16.5. The molecule has 7 heteroatoms. The summed E-state index contributed by atoms with van der Waals surface area (Å²) < 4.78 is 7.92. The van der Waals surface area contributed by atoms with E-state index in [0.29, 0.717) is 24.9 Å². The molecule has 0 aliphatic carbocycles. The molecule has 1 amide bonds. The molecule has 2 aliphatic rings. The second-order valence-corrected chi connectivity index (χ2v) is 7.49. The fourth-order valence-corrected chi connectivity index (χ4v) is 3.98. The van der Waals surface area contributed by atoms with Gasteiger partial charge in [0.05, 0.1) is 30.9 Å². The van der Waals surface area contributed by atoms with Crippen LogP contribution in [0.5, 0.6) is 0 Å². The third-order valence-corrected chi connectivity index (χ3v) is 5.65. The molecule has 1 aromatic carbocycles. The maximum Gasteiger partial charge on any atom is 0.276 e. The molecule has 2 aromatic rings. The van der Waals surface area contributed by atoms with Crippen LogP contribution in [-0.2, 0) is 4.74 Å². The van der Waals surface area contributed by atoms with E-state index in [1.165, 1.54) is 0 Å². The van der Waals surface area contributed by atoms with E-state index in [-0.39, 0.29) is 18.1 Å². The van der Waals surface area contributed by atoms with E-state index in [2.05, 4.69) is 15.6 Å². The average molecular weight is 369 g/mol. The summed E-state index contributed by atoms with van der Waals surface area (Å²) in [5.74, 6) is -0.0515. The molecule has 1 N–H and O–H groups in total. The molecule has 3 heterocycles. The smallest absolute Gasteiger partial charge is 0.276 e. The Kier molecular flexibility index (Phi) is 5.22. The van der Waals surface area contributed by atoms with E-state index in [1.807, 2.05) is 53.8 Å². The van der Waals surface area contributed by atoms with Crippen molar-refractivity contribution in [2.24, 2.45) is 0 Å². The van der Waals surface area contributed by atoms with Crippen molar-refractivity contribution < 1.29 is 9.53 Å². The van der Waals surface area contributed by atoms with Gasteiger partial charge >= 0.3 is 0 Å². The number of rotatable bonds is 3. The van der Waals surface area contributed by atoms with Crippen LogP contribution in [0.3, 0.4) is 0 Å². The monoisotopic (exact) mass is 369 g/mol. The Bertz CT molecular complexity index is 785. The fourth-order valence-electron chi connectivity index (χ4n) is 3.98. The first kappa shape index (κ1) is 18.1. The van der Waals surface area contributed by atoms with Gasteiger partial charge < -0.3 is 15.0 Å². The fraction of sp³-hybridized carbons (Fsp3) is 0.550. The van der Waals surface area contributed by atoms with Gasteiger partial charge in [-0.15, -0.1) is 5.10 Å². The Hall–Kier alpha value is -2.25. The summed E-state index contributed by atoms with van der Waals surface area (Å²) >= 11 is 0. The lowest BCUT2D eigenvalue weighted by Gasteiger charge is -2.38. The zero-order valence-corrected chi connectivity index (χ0v) is 16.0. The predicted octanol–water partition coefficient (Wildman–Crippen LogP) is 2.11. The standard InChI is InChI=1S/C20H27N5O2/c1-14-13-27-18(16-6-4-3-5-7-16)12-24(14)20(26)19-15(2)25(23-22-19)17-8-10-21-11-9-17/h3-7,14,17-18,21H,8-13H2,1-2H3. The molecule has 2 aliphatic heterocycles. The van der Waals surface area contributed by atoms with Crippen molar-refractivity contribution >= 4 is 5.91 Å². The van der Waals surface area contributed by atoms with Crippen molar-refractivity contribution in [1.82, 2.24) is 25.2 Å². The topological polar surface area (TPSA) is 72.3 Å². The first-order valence-corrected chi connectivity index (χ1v) is 9.75. The van der Waals surface area contributed by atoms with Crippen LogP contribution in [0.4, 0.5) is 0 Å². The maximum absolute atomic E-state index is 13.2. The molecule has 1 aromatic heterocycles. The summed E-state index contributed by atoms with van der Waals surface area (Å²) in [6.07, 6.45) is 1.93. The van der Waals surface area contributed by atoms with Crippen molar-refractivity contribution in [2.45, 2.75) is 44.9 Å². The molecular weight excluding hydrogens is 342 g/mol. The molecule has 2 fully saturated rings. The molecule has 27 heavy (non-hydrogen) atoms. The number of amides is 1. The molecule has 0 radical (unpaired) electrons. The van der Waals surface area contributed by atoms with Crippen LogP contribution >= 0.6 is 0 Å². The van der Waals surface area contributed by atoms with Gasteiger partial charge in [0.1, 0.15) is 6.10 Å². The summed E-state index contributed by atoms with van der Waals surface area (Å²) in [7, 11) is 0. The normalized spacial score (nSPS) is 24.1. The first-order valence-electron chi connectivity index (χ1n) is 9.75. The largest absolute Gasteiger partial charge is 0.370 e. The SMILES string of the molecule is Cc1c(C(=O)N2CC(c3ccccc3)OCC2C)nnn1C1CCNCC1. The zero-order valence-electron chi connectivity index (χ0n) is 16.0. The number of hydrogen-bond acceptors (Lipinski definition) is 5. The van der Waals surface area contributed by atoms with Gasteiger partial charge in [-0.2, -0.15) is 0 Å². The minimum Gasteiger partial charge on any atom is -0.370 e. The predicted molar refractivity (Wildman–Crippen MR) is 102 cm³/mol. The van der Waals surface area contributed by atoms with Gasteiger partial charge in [0.15, 0.2) is 5.69 Å². The van der Waals surface area contributed by atoms with Crippen molar-refractivity contribution in [1.29, 1.82) is 0 Å². The minimum absolute atomic E-state index is 0.0147. The highest BCUT2D eigenvalue weighted by Gasteiger charge is 2.34. The molecular formula is C20H27N5O2. The molecule has 0 saturated carbocycles. The second kappa shape index (κ2) is 7.78. The third-order valence-electron chi connectivity index (χ3n) is 5.65. The number of aromatic nitrogens is 3. The summed E-state index contributed by atoms with van der Waals surface area (Å²) in [5, 5.41) is 11.9. The molecule has 4 rings (SSSR count). The van der Waals surface area contributed by atoms with Crippen LogP contribution in [0.15, 0.2) is 30.3 Å². The van der Waals surface area contributed by atoms with Crippen LogP contribution in [0.1, 0.15) is 53.7 Å². The lowest BCUT2D eigenvalue weighted by Crippen LogP contribution is -2.48. The minimum atomic E-state index is -0.105. The van der Waals surface area contributed by atoms with Gasteiger partial charge in [-0.25, -0.2) is 4.68 Å². The molecule has 144 valence electrons. The lowest BCUT2D eigenvalue weighted by atomic mass is 10.1. The first-order chi connectivity index (χ1) is 13.1. The van der Waals surface area contributed by atoms with E-state index in [9.17, 15) is 4.79 Å². The summed E-state index contributed by atoms with van der Waals surface area (Å²) in [6.45, 7) is 6.98. The van der Waals surface area contributed by atoms with Gasteiger partial charge in [0, 0.05) is 0 Å². The number of ether oxygens (including phenoxy) is 1. The van der Waals surface area contributed by atoms with Crippen LogP contribution < -0.4 is 5.32 Å². The molecule has 2 saturated heterocycles. The number of benzene rings is 1. The molecule has 0 spiro atoms. The summed E-state index contributed by atoms with van der Waals surface area (Å²) in [5.41, 5.74) is 2.42. The van der Waals surface area contributed by atoms with E-state index in [4.69, 9.17) is 4.74 Å². The maximum atomic E-state index is 13.2. The van der Waals surface area contributed by atoms with Crippen molar-refractivity contribution in [3.8, 4) is 0 Å². The molecule has 7 nitrogen and oxygen atoms in total. The summed E-state index contributed by atoms with van der Waals surface area (Å²) in [4.78, 5) is 15.1. The zero-order chi connectivity index (χ0) is 18.8. The van der Waals surface area contributed by atoms with E-state index >= 15 is 0 Å². The number of nitrogens with zero attached hydrogens (tertiary/aromatic N) is 4. The van der Waals surface area contributed by atoms with E-state index < -0.39 is 0 Å². The van der Waals surface area contributed by atoms with Gasteiger partial charge in [-0.3, -0.25) is 4.79 Å². The molecule has 2 atom stereocenters. The molecule has 2 unspecified atom stereocenters. The highest BCUT2D eigenvalue weighted by Crippen LogP contribution is 2.27. The van der Waals surface area contributed by atoms with Crippen LogP contribution in [-0.4, -0.2) is 58.1 Å². The van der Waals surface area contributed by atoms with Crippen LogP contribution in [0.25, 0.3) is 0 Å². The summed E-state index contributed by atoms with van der Waals surface area (Å²) in [6, 6.07) is 10.4. The number of carbonyl (C=O) groups excluding carboxylic acids is 1. The Morgan fingerprint density at radius 2 is 1.96 bits per heavy atom. The number of morpholine rings is 1. The quantitative estimate of drug-likeness (QED) is 0.897. The van der Waals surface area contributed by atoms with Gasteiger partial charge in [-0.1, -0.05) is 35.5 Å². The Labute approximate surface area is 159 Å². The number of carbonyl (C=O) groups is 1. The van der Waals surface area contributed by atoms with Gasteiger partial charge in [-0.05, 0) is 45.3 Å². The Morgan fingerprint density at radius 1 is 1.22 bits per heavy atom. The highest BCUT2D eigenvalue weighted by molar-refractivity contribution is 5.93. The Balaban J connectivity index is 1.53. The second-order valence-electron chi connectivity index (χ2n) is 7.49. The molecule has 0 bridgehead atoms. The van der Waals surface area contributed by atoms with Gasteiger partial charge in [0.2, 0.25) is 0 Å². The average Bonchev–Trinajstić information content (AvgIpc) is 3.10. The number of nitrogens with one attached hydrogen (secondary N) is 1. The van der Waals surface area contributed by atoms with Crippen LogP contribution in [0, 0.1) is 6.92 Å². The number of piperidine rings is 1. The van der Waals surface area contributed by atoms with Crippen molar-refractivity contribution in [3.05, 3.63) is 47.3 Å². The van der Waals surface area contributed by atoms with Gasteiger partial charge in [0.25, 0.3) is 5.91 Å². The van der Waals surface area contributed by atoms with Crippen molar-refractivity contribution in [3.63, 3.8) is 0 Å². The lowest BCUT2D eigenvalue weighted by molar-refractivity contribution is -0.0488. The number of hydrogen-bond donors (Lipinski definition) is 1. The van der Waals surface area contributed by atoms with Crippen molar-refractivity contribution in [2.75, 3.05) is 26.2 Å².